The van der Waals surface area contributed by atoms with Gasteiger partial charge in [-0.3, -0.25) is 4.79 Å². The van der Waals surface area contributed by atoms with Crippen LogP contribution < -0.4 is 18.9 Å². The Balaban J connectivity index is 1.04. The van der Waals surface area contributed by atoms with Crippen LogP contribution in [0.4, 0.5) is 4.39 Å². The van der Waals surface area contributed by atoms with Crippen LogP contribution in [0.5, 0.6) is 23.0 Å². The molecule has 3 fully saturated rings. The SMILES string of the molecule is CCC1(COc2ccc(-c3ccc(OC(=O)CCc4ccc(OCC5(CC)COC5)c(OCC5(CC)COC5)c4)c(F)c3)cc2)COC1. The number of benzene rings is 3. The van der Waals surface area contributed by atoms with Gasteiger partial charge in [0.05, 0.1) is 75.7 Å². The van der Waals surface area contributed by atoms with Crippen LogP contribution >= 0.6 is 0 Å². The monoisotopic (exact) mass is 662 g/mol. The lowest BCUT2D eigenvalue weighted by Gasteiger charge is -2.41. The van der Waals surface area contributed by atoms with E-state index in [0.29, 0.717) is 69.7 Å². The molecule has 3 aliphatic heterocycles. The van der Waals surface area contributed by atoms with E-state index in [1.165, 1.54) is 12.1 Å². The molecular formula is C39H47FO8. The zero-order valence-electron chi connectivity index (χ0n) is 28.3. The summed E-state index contributed by atoms with van der Waals surface area (Å²) in [5.41, 5.74) is 2.55. The van der Waals surface area contributed by atoms with Crippen molar-refractivity contribution in [1.29, 1.82) is 0 Å². The Morgan fingerprint density at radius 1 is 0.646 bits per heavy atom. The number of esters is 1. The van der Waals surface area contributed by atoms with Crippen LogP contribution in [-0.2, 0) is 25.4 Å². The van der Waals surface area contributed by atoms with Crippen molar-refractivity contribution in [3.05, 3.63) is 72.0 Å². The molecule has 0 aliphatic carbocycles. The molecule has 0 spiro atoms. The van der Waals surface area contributed by atoms with Crippen LogP contribution in [0.3, 0.4) is 0 Å². The molecule has 0 bridgehead atoms. The molecule has 0 atom stereocenters. The Hall–Kier alpha value is -3.66. The van der Waals surface area contributed by atoms with E-state index < -0.39 is 11.8 Å². The number of halogens is 1. The quantitative estimate of drug-likeness (QED) is 0.109. The second kappa shape index (κ2) is 14.8. The lowest BCUT2D eigenvalue weighted by atomic mass is 9.84. The minimum Gasteiger partial charge on any atom is -0.493 e. The highest BCUT2D eigenvalue weighted by atomic mass is 19.1. The maximum atomic E-state index is 15.1. The zero-order chi connectivity index (χ0) is 33.6. The molecule has 8 nitrogen and oxygen atoms in total. The second-order valence-electron chi connectivity index (χ2n) is 13.8. The molecule has 3 aliphatic rings. The number of rotatable bonds is 17. The molecule has 0 saturated carbocycles. The van der Waals surface area contributed by atoms with Gasteiger partial charge in [0.25, 0.3) is 0 Å². The Kier molecular flexibility index (Phi) is 10.6. The van der Waals surface area contributed by atoms with Gasteiger partial charge in [-0.2, -0.15) is 0 Å². The van der Waals surface area contributed by atoms with Gasteiger partial charge in [0.15, 0.2) is 23.1 Å². The summed E-state index contributed by atoms with van der Waals surface area (Å²) >= 11 is 0. The summed E-state index contributed by atoms with van der Waals surface area (Å²) in [6.45, 7) is 12.3. The summed E-state index contributed by atoms with van der Waals surface area (Å²) in [7, 11) is 0. The second-order valence-corrected chi connectivity index (χ2v) is 13.8. The predicted octanol–water partition coefficient (Wildman–Crippen LogP) is 7.45. The van der Waals surface area contributed by atoms with Crippen molar-refractivity contribution >= 4 is 5.97 Å². The first-order valence-electron chi connectivity index (χ1n) is 17.1. The molecule has 0 N–H and O–H groups in total. The molecular weight excluding hydrogens is 615 g/mol. The first-order chi connectivity index (χ1) is 23.3. The largest absolute Gasteiger partial charge is 0.493 e. The van der Waals surface area contributed by atoms with Crippen LogP contribution in [0.15, 0.2) is 60.7 Å². The highest BCUT2D eigenvalue weighted by Gasteiger charge is 2.40. The molecule has 3 heterocycles. The highest BCUT2D eigenvalue weighted by Crippen LogP contribution is 2.38. The van der Waals surface area contributed by atoms with Gasteiger partial charge in [0.2, 0.25) is 0 Å². The van der Waals surface area contributed by atoms with E-state index in [-0.39, 0.29) is 28.4 Å². The number of hydrogen-bond donors (Lipinski definition) is 0. The maximum Gasteiger partial charge on any atom is 0.311 e. The maximum absolute atomic E-state index is 15.1. The Morgan fingerprint density at radius 2 is 1.17 bits per heavy atom. The van der Waals surface area contributed by atoms with Crippen molar-refractivity contribution in [2.24, 2.45) is 16.2 Å². The zero-order valence-corrected chi connectivity index (χ0v) is 28.3. The van der Waals surface area contributed by atoms with Gasteiger partial charge < -0.3 is 33.2 Å². The number of carbonyl (C=O) groups excluding carboxylic acids is 1. The number of hydrogen-bond acceptors (Lipinski definition) is 8. The molecule has 3 aromatic carbocycles. The van der Waals surface area contributed by atoms with Gasteiger partial charge >= 0.3 is 5.97 Å². The molecule has 0 amide bonds. The average molecular weight is 663 g/mol. The van der Waals surface area contributed by atoms with Crippen LogP contribution in [0, 0.1) is 22.1 Å². The van der Waals surface area contributed by atoms with E-state index in [2.05, 4.69) is 20.8 Å². The predicted molar refractivity (Wildman–Crippen MR) is 179 cm³/mol. The lowest BCUT2D eigenvalue weighted by Crippen LogP contribution is -2.47. The van der Waals surface area contributed by atoms with Crippen molar-refractivity contribution in [2.45, 2.75) is 52.9 Å². The first kappa shape index (κ1) is 34.2. The van der Waals surface area contributed by atoms with E-state index in [1.54, 1.807) is 6.07 Å². The van der Waals surface area contributed by atoms with Crippen molar-refractivity contribution < 1.29 is 42.3 Å². The summed E-state index contributed by atoms with van der Waals surface area (Å²) in [6, 6.07) is 17.9. The fourth-order valence-electron chi connectivity index (χ4n) is 5.91. The van der Waals surface area contributed by atoms with Gasteiger partial charge in [0.1, 0.15) is 5.75 Å². The molecule has 0 aromatic heterocycles. The standard InChI is InChI=1S/C39H47FO8/c1-4-37(19-42-20-37)25-45-31-12-9-29(10-13-31)30-11-15-33(32(40)18-30)48-36(41)16-8-28-7-14-34(46-26-38(5-2)21-43-22-38)35(17-28)47-27-39(6-3)23-44-24-39/h7,9-15,17-18H,4-6,8,16,19-27H2,1-3H3. The molecule has 48 heavy (non-hydrogen) atoms. The Labute approximate surface area is 282 Å². The van der Waals surface area contributed by atoms with Crippen LogP contribution in [-0.4, -0.2) is 65.4 Å². The Morgan fingerprint density at radius 3 is 1.69 bits per heavy atom. The third-order valence-corrected chi connectivity index (χ3v) is 10.3. The molecule has 3 aromatic rings. The number of aryl methyl sites for hydroxylation is 1. The first-order valence-corrected chi connectivity index (χ1v) is 17.1. The van der Waals surface area contributed by atoms with Crippen LogP contribution in [0.1, 0.15) is 52.0 Å². The summed E-state index contributed by atoms with van der Waals surface area (Å²) in [6.07, 6.45) is 3.43. The Bertz CT molecular complexity index is 1530. The molecule has 3 saturated heterocycles. The number of carbonyl (C=O) groups is 1. The normalized spacial score (nSPS) is 18.5. The van der Waals surface area contributed by atoms with E-state index >= 15 is 4.39 Å². The van der Waals surface area contributed by atoms with E-state index in [4.69, 9.17) is 33.2 Å². The molecule has 0 radical (unpaired) electrons. The van der Waals surface area contributed by atoms with Crippen molar-refractivity contribution in [1.82, 2.24) is 0 Å². The third kappa shape index (κ3) is 7.80. The molecule has 6 rings (SSSR count). The highest BCUT2D eigenvalue weighted by molar-refractivity contribution is 5.73. The summed E-state index contributed by atoms with van der Waals surface area (Å²) < 4.78 is 55.4. The van der Waals surface area contributed by atoms with Crippen LogP contribution in [0.25, 0.3) is 11.1 Å². The van der Waals surface area contributed by atoms with Gasteiger partial charge in [-0.1, -0.05) is 45.0 Å². The fourth-order valence-corrected chi connectivity index (χ4v) is 5.91. The van der Waals surface area contributed by atoms with Gasteiger partial charge in [-0.05, 0) is 78.8 Å². The smallest absolute Gasteiger partial charge is 0.311 e. The number of ether oxygens (including phenoxy) is 7. The lowest BCUT2D eigenvalue weighted by molar-refractivity contribution is -0.136. The van der Waals surface area contributed by atoms with Crippen molar-refractivity contribution in [3.63, 3.8) is 0 Å². The van der Waals surface area contributed by atoms with Gasteiger partial charge in [-0.15, -0.1) is 0 Å². The van der Waals surface area contributed by atoms with E-state index in [9.17, 15) is 4.79 Å². The molecule has 258 valence electrons. The van der Waals surface area contributed by atoms with Crippen LogP contribution in [0.2, 0.25) is 0 Å². The van der Waals surface area contributed by atoms with Crippen molar-refractivity contribution in [3.8, 4) is 34.1 Å². The summed E-state index contributed by atoms with van der Waals surface area (Å²) in [5.74, 6) is 0.869. The van der Waals surface area contributed by atoms with E-state index in [0.717, 1.165) is 49.4 Å². The minimum absolute atomic E-state index is 0.00448. The van der Waals surface area contributed by atoms with Gasteiger partial charge in [0, 0.05) is 6.42 Å². The average Bonchev–Trinajstić information content (AvgIpc) is 3.05. The van der Waals surface area contributed by atoms with E-state index in [1.807, 2.05) is 42.5 Å². The third-order valence-electron chi connectivity index (χ3n) is 10.3. The fraction of sp³-hybridized carbons (Fsp3) is 0.513. The minimum atomic E-state index is -0.597. The summed E-state index contributed by atoms with van der Waals surface area (Å²) in [4.78, 5) is 12.8. The molecule has 0 unspecified atom stereocenters. The summed E-state index contributed by atoms with van der Waals surface area (Å²) in [5, 5.41) is 0. The van der Waals surface area contributed by atoms with Crippen molar-refractivity contribution in [2.75, 3.05) is 59.5 Å². The topological polar surface area (TPSA) is 81.7 Å². The molecule has 9 heteroatoms. The van der Waals surface area contributed by atoms with Gasteiger partial charge in [-0.25, -0.2) is 4.39 Å².